The van der Waals surface area contributed by atoms with Crippen molar-refractivity contribution in [3.63, 3.8) is 0 Å². The van der Waals surface area contributed by atoms with Crippen LogP contribution in [-0.4, -0.2) is 32.8 Å². The van der Waals surface area contributed by atoms with Gasteiger partial charge in [-0.05, 0) is 77.9 Å². The molecule has 0 saturated heterocycles. The van der Waals surface area contributed by atoms with E-state index in [9.17, 15) is 39.5 Å². The number of hydrogen-bond acceptors (Lipinski definition) is 6. The maximum Gasteiger partial charge on any atom is 0.416 e. The first kappa shape index (κ1) is 29.0. The standard InChI is InChI=1S/C25H24F9N7/c26-23(27,28)15-3-4-19-18(10-15)21(11-20(36-19)14-1-2-14)40(22-37-39-41(38-22)6-5-35)12-13-7-16(24(29,30)31)9-17(8-13)25(32,33)34/h3-4,7-10,14,20-21,36H,1-2,5-6,11-12,35H2. The molecule has 0 amide bonds. The topological polar surface area (TPSA) is 84.9 Å². The van der Waals surface area contributed by atoms with E-state index in [1.807, 2.05) is 0 Å². The van der Waals surface area contributed by atoms with Crippen LogP contribution in [0, 0.1) is 5.92 Å². The summed E-state index contributed by atoms with van der Waals surface area (Å²) in [5.74, 6) is 0.0373. The van der Waals surface area contributed by atoms with Gasteiger partial charge in [0.15, 0.2) is 0 Å². The number of rotatable bonds is 7. The number of anilines is 2. The molecule has 1 aliphatic heterocycles. The largest absolute Gasteiger partial charge is 0.416 e. The number of alkyl halides is 9. The molecule has 2 aliphatic rings. The van der Waals surface area contributed by atoms with Crippen molar-refractivity contribution in [1.82, 2.24) is 20.2 Å². The van der Waals surface area contributed by atoms with Crippen molar-refractivity contribution in [1.29, 1.82) is 0 Å². The maximum atomic E-state index is 13.7. The van der Waals surface area contributed by atoms with Crippen molar-refractivity contribution in [2.45, 2.75) is 63.0 Å². The summed E-state index contributed by atoms with van der Waals surface area (Å²) < 4.78 is 123. The molecule has 5 rings (SSSR count). The number of halogens is 9. The lowest BCUT2D eigenvalue weighted by atomic mass is 9.88. The number of hydrogen-bond donors (Lipinski definition) is 2. The van der Waals surface area contributed by atoms with Crippen LogP contribution in [-0.2, 0) is 31.6 Å². The van der Waals surface area contributed by atoms with E-state index >= 15 is 0 Å². The molecule has 3 N–H and O–H groups in total. The van der Waals surface area contributed by atoms with Gasteiger partial charge in [0, 0.05) is 24.8 Å². The third kappa shape index (κ3) is 6.36. The molecule has 0 radical (unpaired) electrons. The first-order valence-corrected chi connectivity index (χ1v) is 12.6. The van der Waals surface area contributed by atoms with Gasteiger partial charge in [0.2, 0.25) is 0 Å². The molecule has 2 atom stereocenters. The summed E-state index contributed by atoms with van der Waals surface area (Å²) >= 11 is 0. The van der Waals surface area contributed by atoms with Gasteiger partial charge in [-0.2, -0.15) is 44.3 Å². The Bertz CT molecular complexity index is 1360. The van der Waals surface area contributed by atoms with E-state index in [0.717, 1.165) is 29.8 Å². The molecule has 1 fully saturated rings. The van der Waals surface area contributed by atoms with Crippen LogP contribution in [0.15, 0.2) is 36.4 Å². The Hall–Kier alpha value is -3.56. The Morgan fingerprint density at radius 3 is 2.07 bits per heavy atom. The number of fused-ring (bicyclic) bond motifs is 1. The Morgan fingerprint density at radius 2 is 1.51 bits per heavy atom. The normalized spacial score (nSPS) is 19.6. The highest BCUT2D eigenvalue weighted by Gasteiger charge is 2.42. The zero-order chi connectivity index (χ0) is 29.7. The molecule has 1 saturated carbocycles. The molecule has 7 nitrogen and oxygen atoms in total. The molecule has 16 heteroatoms. The van der Waals surface area contributed by atoms with Gasteiger partial charge in [0.1, 0.15) is 0 Å². The Kier molecular flexibility index (Phi) is 7.32. The maximum absolute atomic E-state index is 13.7. The van der Waals surface area contributed by atoms with E-state index < -0.39 is 47.8 Å². The van der Waals surface area contributed by atoms with Crippen LogP contribution in [0.25, 0.3) is 0 Å². The zero-order valence-corrected chi connectivity index (χ0v) is 21.2. The molecule has 0 bridgehead atoms. The fourth-order valence-electron chi connectivity index (χ4n) is 5.06. The van der Waals surface area contributed by atoms with Gasteiger partial charge in [-0.15, -0.1) is 5.10 Å². The van der Waals surface area contributed by atoms with Crippen LogP contribution >= 0.6 is 0 Å². The first-order valence-electron chi connectivity index (χ1n) is 12.6. The highest BCUT2D eigenvalue weighted by Crippen LogP contribution is 2.47. The molecule has 2 heterocycles. The average molecular weight is 593 g/mol. The van der Waals surface area contributed by atoms with Crippen molar-refractivity contribution < 1.29 is 39.5 Å². The van der Waals surface area contributed by atoms with Crippen LogP contribution in [0.2, 0.25) is 0 Å². The quantitative estimate of drug-likeness (QED) is 0.326. The summed E-state index contributed by atoms with van der Waals surface area (Å²) in [5, 5.41) is 15.2. The summed E-state index contributed by atoms with van der Waals surface area (Å²) in [4.78, 5) is 2.41. The molecule has 0 spiro atoms. The second kappa shape index (κ2) is 10.4. The predicted octanol–water partition coefficient (Wildman–Crippen LogP) is 6.03. The summed E-state index contributed by atoms with van der Waals surface area (Å²) in [7, 11) is 0. The van der Waals surface area contributed by atoms with Gasteiger partial charge in [-0.25, -0.2) is 0 Å². The monoisotopic (exact) mass is 593 g/mol. The molecular weight excluding hydrogens is 569 g/mol. The number of aromatic nitrogens is 4. The minimum Gasteiger partial charge on any atom is -0.382 e. The molecule has 2 aromatic carbocycles. The van der Waals surface area contributed by atoms with Crippen LogP contribution in [0.1, 0.15) is 53.1 Å². The van der Waals surface area contributed by atoms with Crippen molar-refractivity contribution in [3.05, 3.63) is 64.2 Å². The van der Waals surface area contributed by atoms with Crippen LogP contribution in [0.4, 0.5) is 51.1 Å². The lowest BCUT2D eigenvalue weighted by molar-refractivity contribution is -0.143. The SMILES string of the molecule is NCCn1nnc(N(Cc2cc(C(F)(F)F)cc(C(F)(F)F)c2)C2CC(C3CC3)Nc3ccc(C(F)(F)F)cc32)n1. The van der Waals surface area contributed by atoms with Crippen molar-refractivity contribution in [2.75, 3.05) is 16.8 Å². The minimum atomic E-state index is -5.08. The van der Waals surface area contributed by atoms with Crippen molar-refractivity contribution >= 4 is 11.6 Å². The van der Waals surface area contributed by atoms with E-state index in [-0.39, 0.29) is 54.6 Å². The fraction of sp³-hybridized carbons (Fsp3) is 0.480. The molecule has 2 unspecified atom stereocenters. The van der Waals surface area contributed by atoms with E-state index in [1.165, 1.54) is 11.0 Å². The number of nitrogens with two attached hydrogens (primary N) is 1. The Morgan fingerprint density at radius 1 is 0.878 bits per heavy atom. The zero-order valence-electron chi connectivity index (χ0n) is 21.2. The van der Waals surface area contributed by atoms with E-state index in [1.54, 1.807) is 0 Å². The van der Waals surface area contributed by atoms with Gasteiger partial charge in [-0.3, -0.25) is 0 Å². The molecular formula is C25H24F9N7. The van der Waals surface area contributed by atoms with E-state index in [0.29, 0.717) is 17.8 Å². The van der Waals surface area contributed by atoms with Crippen LogP contribution in [0.5, 0.6) is 0 Å². The van der Waals surface area contributed by atoms with Gasteiger partial charge >= 0.3 is 18.5 Å². The minimum absolute atomic E-state index is 0.0161. The second-order valence-corrected chi connectivity index (χ2v) is 10.2. The summed E-state index contributed by atoms with van der Waals surface area (Å²) in [6.45, 7) is -0.360. The van der Waals surface area contributed by atoms with Crippen LogP contribution in [0.3, 0.4) is 0 Å². The highest BCUT2D eigenvalue weighted by atomic mass is 19.4. The molecule has 222 valence electrons. The number of nitrogens with zero attached hydrogens (tertiary/aromatic N) is 5. The van der Waals surface area contributed by atoms with Crippen molar-refractivity contribution in [3.8, 4) is 0 Å². The molecule has 3 aromatic rings. The van der Waals surface area contributed by atoms with E-state index in [4.69, 9.17) is 5.73 Å². The summed E-state index contributed by atoms with van der Waals surface area (Å²) in [6.07, 6.45) is -12.9. The fourth-order valence-corrected chi connectivity index (χ4v) is 5.06. The number of tetrazole rings is 1. The van der Waals surface area contributed by atoms with Gasteiger partial charge in [0.25, 0.3) is 5.95 Å². The number of benzene rings is 2. The van der Waals surface area contributed by atoms with Crippen molar-refractivity contribution in [2.24, 2.45) is 11.7 Å². The van der Waals surface area contributed by atoms with E-state index in [2.05, 4.69) is 20.7 Å². The Labute approximate surface area is 227 Å². The summed E-state index contributed by atoms with van der Waals surface area (Å²) in [6, 6.07) is 3.18. The number of nitrogens with one attached hydrogen (secondary N) is 1. The lowest BCUT2D eigenvalue weighted by Gasteiger charge is -2.40. The smallest absolute Gasteiger partial charge is 0.382 e. The average Bonchev–Trinajstić information content (AvgIpc) is 3.63. The molecule has 1 aromatic heterocycles. The first-order chi connectivity index (χ1) is 19.1. The second-order valence-electron chi connectivity index (χ2n) is 10.2. The van der Waals surface area contributed by atoms with Gasteiger partial charge in [0.05, 0.1) is 29.3 Å². The predicted molar refractivity (Wildman–Crippen MR) is 128 cm³/mol. The highest BCUT2D eigenvalue weighted by molar-refractivity contribution is 5.60. The molecule has 1 aliphatic carbocycles. The van der Waals surface area contributed by atoms with Gasteiger partial charge < -0.3 is 16.0 Å². The van der Waals surface area contributed by atoms with Gasteiger partial charge in [-0.1, -0.05) is 5.10 Å². The Balaban J connectivity index is 1.64. The third-order valence-corrected chi connectivity index (χ3v) is 7.15. The third-order valence-electron chi connectivity index (χ3n) is 7.15. The summed E-state index contributed by atoms with van der Waals surface area (Å²) in [5.41, 5.74) is 1.73. The molecule has 41 heavy (non-hydrogen) atoms. The lowest BCUT2D eigenvalue weighted by Crippen LogP contribution is -2.39. The van der Waals surface area contributed by atoms with Crippen LogP contribution < -0.4 is 16.0 Å².